The number of nitrogens with one attached hydrogen (secondary N) is 2. The molecular formula is C15H21F2N3O5. The molecule has 0 fully saturated rings. The van der Waals surface area contributed by atoms with Crippen LogP contribution in [0.2, 0.25) is 0 Å². The molecule has 0 spiro atoms. The van der Waals surface area contributed by atoms with Gasteiger partial charge in [0, 0.05) is 31.9 Å². The Morgan fingerprint density at radius 2 is 2.08 bits per heavy atom. The number of hydrogen-bond acceptors (Lipinski definition) is 5. The molecule has 2 N–H and O–H groups in total. The minimum atomic E-state index is -3.12. The highest BCUT2D eigenvalue weighted by atomic mass is 19.3. The van der Waals surface area contributed by atoms with Gasteiger partial charge in [-0.15, -0.1) is 0 Å². The van der Waals surface area contributed by atoms with E-state index in [1.807, 2.05) is 13.8 Å². The van der Waals surface area contributed by atoms with Crippen LogP contribution in [-0.2, 0) is 4.74 Å². The lowest BCUT2D eigenvalue weighted by atomic mass is 10.2. The average Bonchev–Trinajstić information content (AvgIpc) is 2.51. The molecule has 0 saturated heterocycles. The smallest absolute Gasteiger partial charge is 0.387 e. The summed E-state index contributed by atoms with van der Waals surface area (Å²) in [5.74, 6) is 0.0504. The highest BCUT2D eigenvalue weighted by molar-refractivity contribution is 5.91. The molecule has 2 amide bonds. The molecule has 0 aliphatic rings. The second-order valence-corrected chi connectivity index (χ2v) is 5.52. The summed E-state index contributed by atoms with van der Waals surface area (Å²) in [6, 6.07) is 2.26. The minimum absolute atomic E-state index is 0.219. The number of hydrogen-bond donors (Lipinski definition) is 2. The molecule has 0 atom stereocenters. The lowest BCUT2D eigenvalue weighted by molar-refractivity contribution is -0.384. The summed E-state index contributed by atoms with van der Waals surface area (Å²) in [6.07, 6.45) is 0.565. The maximum Gasteiger partial charge on any atom is 0.387 e. The number of anilines is 1. The van der Waals surface area contributed by atoms with Gasteiger partial charge in [-0.05, 0) is 18.4 Å². The Kier molecular flexibility index (Phi) is 8.54. The van der Waals surface area contributed by atoms with E-state index in [4.69, 9.17) is 4.74 Å². The molecule has 0 saturated carbocycles. The molecular weight excluding hydrogens is 340 g/mol. The number of rotatable bonds is 10. The van der Waals surface area contributed by atoms with E-state index in [9.17, 15) is 23.7 Å². The predicted octanol–water partition coefficient (Wildman–Crippen LogP) is 3.38. The van der Waals surface area contributed by atoms with E-state index in [-0.39, 0.29) is 17.1 Å². The Morgan fingerprint density at radius 1 is 1.36 bits per heavy atom. The maximum absolute atomic E-state index is 12.4. The van der Waals surface area contributed by atoms with Crippen molar-refractivity contribution in [1.29, 1.82) is 0 Å². The van der Waals surface area contributed by atoms with Gasteiger partial charge < -0.3 is 20.1 Å². The SMILES string of the molecule is CC(C)COCCCNC(=O)Nc1cc([N+](=O)[O-])ccc1OC(F)F. The fraction of sp³-hybridized carbons (Fsp3) is 0.533. The van der Waals surface area contributed by atoms with Crippen LogP contribution in [0.15, 0.2) is 18.2 Å². The van der Waals surface area contributed by atoms with Crippen molar-refractivity contribution in [1.82, 2.24) is 5.32 Å². The third-order valence-corrected chi connectivity index (χ3v) is 2.84. The molecule has 0 aliphatic carbocycles. The molecule has 1 rings (SSSR count). The van der Waals surface area contributed by atoms with Crippen LogP contribution in [0.25, 0.3) is 0 Å². The number of nitro groups is 1. The van der Waals surface area contributed by atoms with E-state index < -0.39 is 17.6 Å². The lowest BCUT2D eigenvalue weighted by Crippen LogP contribution is -2.30. The van der Waals surface area contributed by atoms with Gasteiger partial charge in [0.05, 0.1) is 10.6 Å². The predicted molar refractivity (Wildman–Crippen MR) is 87.0 cm³/mol. The van der Waals surface area contributed by atoms with Gasteiger partial charge in [-0.25, -0.2) is 4.79 Å². The van der Waals surface area contributed by atoms with Crippen molar-refractivity contribution in [2.45, 2.75) is 26.9 Å². The van der Waals surface area contributed by atoms with E-state index in [0.717, 1.165) is 18.2 Å². The topological polar surface area (TPSA) is 103 Å². The standard InChI is InChI=1S/C15H21F2N3O5/c1-10(2)9-24-7-3-6-18-15(21)19-12-8-11(20(22)23)4-5-13(12)25-14(16)17/h4-5,8,10,14H,3,6-7,9H2,1-2H3,(H2,18,19,21). The van der Waals surface area contributed by atoms with Gasteiger partial charge in [0.15, 0.2) is 0 Å². The van der Waals surface area contributed by atoms with Gasteiger partial charge in [-0.2, -0.15) is 8.78 Å². The first-order valence-corrected chi connectivity index (χ1v) is 7.65. The van der Waals surface area contributed by atoms with Crippen LogP contribution >= 0.6 is 0 Å². The lowest BCUT2D eigenvalue weighted by Gasteiger charge is -2.12. The Morgan fingerprint density at radius 3 is 2.68 bits per heavy atom. The van der Waals surface area contributed by atoms with Crippen molar-refractivity contribution >= 4 is 17.4 Å². The fourth-order valence-electron chi connectivity index (χ4n) is 1.79. The Bertz CT molecular complexity index is 584. The Balaban J connectivity index is 2.56. The monoisotopic (exact) mass is 361 g/mol. The number of carbonyl (C=O) groups is 1. The summed E-state index contributed by atoms with van der Waals surface area (Å²) in [5, 5.41) is 15.5. The summed E-state index contributed by atoms with van der Waals surface area (Å²) >= 11 is 0. The number of alkyl halides is 2. The summed E-state index contributed by atoms with van der Waals surface area (Å²) in [5.41, 5.74) is -0.581. The van der Waals surface area contributed by atoms with E-state index >= 15 is 0 Å². The first-order chi connectivity index (χ1) is 11.8. The third-order valence-electron chi connectivity index (χ3n) is 2.84. The molecule has 0 unspecified atom stereocenters. The van der Waals surface area contributed by atoms with Gasteiger partial charge in [0.25, 0.3) is 5.69 Å². The first kappa shape index (κ1) is 20.6. The number of urea groups is 1. The van der Waals surface area contributed by atoms with Crippen LogP contribution in [0.5, 0.6) is 5.75 Å². The Hall–Kier alpha value is -2.49. The van der Waals surface area contributed by atoms with Crippen LogP contribution in [0.4, 0.5) is 25.0 Å². The second-order valence-electron chi connectivity index (χ2n) is 5.52. The molecule has 0 radical (unpaired) electrons. The van der Waals surface area contributed by atoms with Crippen LogP contribution in [-0.4, -0.2) is 37.3 Å². The molecule has 0 aromatic heterocycles. The van der Waals surface area contributed by atoms with Gasteiger partial charge >= 0.3 is 12.6 Å². The Labute approximate surface area is 143 Å². The number of nitrogens with zero attached hydrogens (tertiary/aromatic N) is 1. The molecule has 8 nitrogen and oxygen atoms in total. The molecule has 0 aliphatic heterocycles. The van der Waals surface area contributed by atoms with Crippen molar-refractivity contribution in [2.24, 2.45) is 5.92 Å². The van der Waals surface area contributed by atoms with E-state index in [1.165, 1.54) is 0 Å². The van der Waals surface area contributed by atoms with Gasteiger partial charge in [-0.3, -0.25) is 10.1 Å². The van der Waals surface area contributed by atoms with Crippen LogP contribution in [0, 0.1) is 16.0 Å². The van der Waals surface area contributed by atoms with Crippen molar-refractivity contribution < 1.29 is 28.0 Å². The van der Waals surface area contributed by atoms with Crippen molar-refractivity contribution in [3.63, 3.8) is 0 Å². The number of nitro benzene ring substituents is 1. The summed E-state index contributed by atoms with van der Waals surface area (Å²) in [4.78, 5) is 21.9. The van der Waals surface area contributed by atoms with Gasteiger partial charge in [0.1, 0.15) is 5.75 Å². The van der Waals surface area contributed by atoms with Crippen LogP contribution < -0.4 is 15.4 Å². The molecule has 1 aromatic carbocycles. The maximum atomic E-state index is 12.4. The fourth-order valence-corrected chi connectivity index (χ4v) is 1.79. The number of halogens is 2. The number of carbonyl (C=O) groups excluding carboxylic acids is 1. The summed E-state index contributed by atoms with van der Waals surface area (Å²) in [7, 11) is 0. The zero-order chi connectivity index (χ0) is 18.8. The zero-order valence-corrected chi connectivity index (χ0v) is 14.0. The normalized spacial score (nSPS) is 10.8. The van der Waals surface area contributed by atoms with E-state index in [1.54, 1.807) is 0 Å². The van der Waals surface area contributed by atoms with Crippen LogP contribution in [0.1, 0.15) is 20.3 Å². The molecule has 10 heteroatoms. The highest BCUT2D eigenvalue weighted by Crippen LogP contribution is 2.30. The third kappa shape index (κ3) is 8.25. The number of ether oxygens (including phenoxy) is 2. The van der Waals surface area contributed by atoms with Crippen molar-refractivity contribution in [3.8, 4) is 5.75 Å². The first-order valence-electron chi connectivity index (χ1n) is 7.65. The average molecular weight is 361 g/mol. The molecule has 1 aromatic rings. The summed E-state index contributed by atoms with van der Waals surface area (Å²) < 4.78 is 34.3. The largest absolute Gasteiger partial charge is 0.433 e. The van der Waals surface area contributed by atoms with Gasteiger partial charge in [0.2, 0.25) is 0 Å². The highest BCUT2D eigenvalue weighted by Gasteiger charge is 2.16. The number of benzene rings is 1. The molecule has 25 heavy (non-hydrogen) atoms. The number of amides is 2. The quantitative estimate of drug-likeness (QED) is 0.378. The second kappa shape index (κ2) is 10.4. The van der Waals surface area contributed by atoms with Crippen LogP contribution in [0.3, 0.4) is 0 Å². The number of non-ortho nitro benzene ring substituents is 1. The van der Waals surface area contributed by atoms with E-state index in [0.29, 0.717) is 32.1 Å². The molecule has 0 bridgehead atoms. The van der Waals surface area contributed by atoms with Gasteiger partial charge in [-0.1, -0.05) is 13.8 Å². The minimum Gasteiger partial charge on any atom is -0.433 e. The summed E-state index contributed by atoms with van der Waals surface area (Å²) in [6.45, 7) is 2.30. The van der Waals surface area contributed by atoms with Crippen molar-refractivity contribution in [2.75, 3.05) is 25.1 Å². The van der Waals surface area contributed by atoms with Crippen molar-refractivity contribution in [3.05, 3.63) is 28.3 Å². The molecule has 140 valence electrons. The molecule has 0 heterocycles. The zero-order valence-electron chi connectivity index (χ0n) is 14.0. The van der Waals surface area contributed by atoms with E-state index in [2.05, 4.69) is 15.4 Å².